The summed E-state index contributed by atoms with van der Waals surface area (Å²) in [5, 5.41) is 0. The average Bonchev–Trinajstić information content (AvgIpc) is 2.45. The molecule has 0 N–H and O–H groups in total. The largest absolute Gasteiger partial charge is 0.497 e. The van der Waals surface area contributed by atoms with Crippen LogP contribution in [0.15, 0.2) is 54.6 Å². The quantitative estimate of drug-likeness (QED) is 0.814. The number of rotatable bonds is 5. The first kappa shape index (κ1) is 13.3. The molecule has 2 aromatic rings. The molecule has 0 saturated carbocycles. The fraction of sp³-hybridized carbons (Fsp3) is 0.235. The molecule has 0 unspecified atom stereocenters. The third kappa shape index (κ3) is 3.44. The van der Waals surface area contributed by atoms with E-state index < -0.39 is 0 Å². The van der Waals surface area contributed by atoms with E-state index >= 15 is 0 Å². The number of ether oxygens (including phenoxy) is 1. The van der Waals surface area contributed by atoms with Crippen molar-refractivity contribution in [1.29, 1.82) is 0 Å². The van der Waals surface area contributed by atoms with Crippen LogP contribution in [0, 0.1) is 0 Å². The predicted molar refractivity (Wildman–Crippen MR) is 76.6 cm³/mol. The molecule has 98 valence electrons. The third-order valence-corrected chi connectivity index (χ3v) is 3.27. The van der Waals surface area contributed by atoms with E-state index in [0.717, 1.165) is 17.7 Å². The second-order valence-electron chi connectivity index (χ2n) is 4.63. The Hall–Kier alpha value is -2.09. The van der Waals surface area contributed by atoms with E-state index in [2.05, 4.69) is 12.1 Å². The van der Waals surface area contributed by atoms with Crippen LogP contribution < -0.4 is 4.74 Å². The number of Topliss-reactive ketones (excluding diaryl/α,β-unsaturated/α-hetero) is 1. The molecule has 0 saturated heterocycles. The Balaban J connectivity index is 2.27. The van der Waals surface area contributed by atoms with Crippen LogP contribution in [0.25, 0.3) is 0 Å². The second-order valence-corrected chi connectivity index (χ2v) is 4.63. The van der Waals surface area contributed by atoms with Gasteiger partial charge in [0.25, 0.3) is 0 Å². The highest BCUT2D eigenvalue weighted by atomic mass is 16.5. The maximum Gasteiger partial charge on any atom is 0.137 e. The number of hydrogen-bond donors (Lipinski definition) is 0. The van der Waals surface area contributed by atoms with E-state index in [1.807, 2.05) is 42.5 Å². The first-order valence-electron chi connectivity index (χ1n) is 6.39. The van der Waals surface area contributed by atoms with Crippen molar-refractivity contribution < 1.29 is 9.53 Å². The molecule has 0 aromatic heterocycles. The molecule has 0 amide bonds. The maximum absolute atomic E-state index is 11.9. The second kappa shape index (κ2) is 6.19. The van der Waals surface area contributed by atoms with Gasteiger partial charge in [-0.15, -0.1) is 0 Å². The van der Waals surface area contributed by atoms with E-state index in [9.17, 15) is 4.79 Å². The molecule has 0 heterocycles. The van der Waals surface area contributed by atoms with Gasteiger partial charge in [-0.1, -0.05) is 42.5 Å². The van der Waals surface area contributed by atoms with Crippen molar-refractivity contribution in [2.75, 3.05) is 7.11 Å². The summed E-state index contributed by atoms with van der Waals surface area (Å²) in [7, 11) is 1.64. The highest BCUT2D eigenvalue weighted by molar-refractivity contribution is 5.83. The Kier molecular flexibility index (Phi) is 4.35. The zero-order chi connectivity index (χ0) is 13.7. The van der Waals surface area contributed by atoms with E-state index in [0.29, 0.717) is 0 Å². The van der Waals surface area contributed by atoms with Gasteiger partial charge >= 0.3 is 0 Å². The van der Waals surface area contributed by atoms with Crippen molar-refractivity contribution in [1.82, 2.24) is 0 Å². The van der Waals surface area contributed by atoms with Crippen molar-refractivity contribution in [3.63, 3.8) is 0 Å². The van der Waals surface area contributed by atoms with Gasteiger partial charge in [-0.25, -0.2) is 0 Å². The molecule has 0 aliphatic carbocycles. The zero-order valence-corrected chi connectivity index (χ0v) is 11.3. The Morgan fingerprint density at radius 3 is 2.47 bits per heavy atom. The Morgan fingerprint density at radius 1 is 1.11 bits per heavy atom. The summed E-state index contributed by atoms with van der Waals surface area (Å²) in [5.41, 5.74) is 2.18. The molecule has 1 atom stereocenters. The molecule has 0 fully saturated rings. The van der Waals surface area contributed by atoms with Gasteiger partial charge in [0, 0.05) is 5.92 Å². The molecule has 0 aliphatic heterocycles. The molecule has 2 heteroatoms. The molecule has 0 aliphatic rings. The smallest absolute Gasteiger partial charge is 0.137 e. The van der Waals surface area contributed by atoms with Gasteiger partial charge in [0.1, 0.15) is 11.5 Å². The van der Waals surface area contributed by atoms with Crippen LogP contribution in [-0.4, -0.2) is 12.9 Å². The maximum atomic E-state index is 11.9. The van der Waals surface area contributed by atoms with Gasteiger partial charge in [-0.05, 0) is 36.6 Å². The van der Waals surface area contributed by atoms with E-state index in [-0.39, 0.29) is 11.7 Å². The lowest BCUT2D eigenvalue weighted by Crippen LogP contribution is -2.12. The summed E-state index contributed by atoms with van der Waals surface area (Å²) >= 11 is 0. The predicted octanol–water partition coefficient (Wildman–Crippen LogP) is 3.61. The summed E-state index contributed by atoms with van der Waals surface area (Å²) in [6.45, 7) is 1.65. The van der Waals surface area contributed by atoms with Crippen LogP contribution in [0.1, 0.15) is 24.0 Å². The van der Waals surface area contributed by atoms with Gasteiger partial charge in [0.15, 0.2) is 0 Å². The Bertz CT molecular complexity index is 546. The number of hydrogen-bond acceptors (Lipinski definition) is 2. The monoisotopic (exact) mass is 254 g/mol. The van der Waals surface area contributed by atoms with E-state index in [1.165, 1.54) is 5.56 Å². The van der Waals surface area contributed by atoms with Crippen molar-refractivity contribution in [3.8, 4) is 5.75 Å². The van der Waals surface area contributed by atoms with E-state index in [1.54, 1.807) is 14.0 Å². The molecule has 2 rings (SSSR count). The molecule has 0 spiro atoms. The van der Waals surface area contributed by atoms with Crippen LogP contribution >= 0.6 is 0 Å². The summed E-state index contributed by atoms with van der Waals surface area (Å²) in [6, 6.07) is 17.8. The molecular formula is C17H18O2. The van der Waals surface area contributed by atoms with Crippen molar-refractivity contribution in [2.24, 2.45) is 0 Å². The highest BCUT2D eigenvalue weighted by Gasteiger charge is 2.17. The lowest BCUT2D eigenvalue weighted by Gasteiger charge is -2.15. The molecule has 2 nitrogen and oxygen atoms in total. The number of carbonyl (C=O) groups is 1. The number of methoxy groups -OCH3 is 1. The van der Waals surface area contributed by atoms with Gasteiger partial charge in [-0.2, -0.15) is 0 Å². The molecule has 2 aromatic carbocycles. The summed E-state index contributed by atoms with van der Waals surface area (Å²) in [6.07, 6.45) is 0.726. The molecule has 19 heavy (non-hydrogen) atoms. The SMILES string of the molecule is COc1cccc([C@@H](Cc2ccccc2)C(C)=O)c1. The van der Waals surface area contributed by atoms with Gasteiger partial charge in [0.05, 0.1) is 7.11 Å². The van der Waals surface area contributed by atoms with Crippen LogP contribution in [-0.2, 0) is 11.2 Å². The van der Waals surface area contributed by atoms with Crippen LogP contribution in [0.4, 0.5) is 0 Å². The highest BCUT2D eigenvalue weighted by Crippen LogP contribution is 2.25. The summed E-state index contributed by atoms with van der Waals surface area (Å²) < 4.78 is 5.22. The van der Waals surface area contributed by atoms with Gasteiger partial charge < -0.3 is 4.74 Å². The molecular weight excluding hydrogens is 236 g/mol. The minimum absolute atomic E-state index is 0.113. The van der Waals surface area contributed by atoms with E-state index in [4.69, 9.17) is 4.74 Å². The minimum atomic E-state index is -0.113. The topological polar surface area (TPSA) is 26.3 Å². The Morgan fingerprint density at radius 2 is 1.84 bits per heavy atom. The first-order chi connectivity index (χ1) is 9.20. The number of carbonyl (C=O) groups excluding carboxylic acids is 1. The minimum Gasteiger partial charge on any atom is -0.497 e. The lowest BCUT2D eigenvalue weighted by atomic mass is 9.89. The van der Waals surface area contributed by atoms with Gasteiger partial charge in [-0.3, -0.25) is 4.79 Å². The Labute approximate surface area is 114 Å². The van der Waals surface area contributed by atoms with Crippen molar-refractivity contribution >= 4 is 5.78 Å². The standard InChI is InChI=1S/C17H18O2/c1-13(18)17(11-14-7-4-3-5-8-14)15-9-6-10-16(12-15)19-2/h3-10,12,17H,11H2,1-2H3/t17-/m0/s1. The van der Waals surface area contributed by atoms with Crippen LogP contribution in [0.2, 0.25) is 0 Å². The van der Waals surface area contributed by atoms with Crippen LogP contribution in [0.5, 0.6) is 5.75 Å². The van der Waals surface area contributed by atoms with Crippen LogP contribution in [0.3, 0.4) is 0 Å². The van der Waals surface area contributed by atoms with Crippen molar-refractivity contribution in [3.05, 3.63) is 65.7 Å². The fourth-order valence-electron chi connectivity index (χ4n) is 2.20. The normalized spacial score (nSPS) is 11.9. The van der Waals surface area contributed by atoms with Crippen molar-refractivity contribution in [2.45, 2.75) is 19.3 Å². The zero-order valence-electron chi connectivity index (χ0n) is 11.3. The lowest BCUT2D eigenvalue weighted by molar-refractivity contribution is -0.118. The number of benzene rings is 2. The first-order valence-corrected chi connectivity index (χ1v) is 6.39. The average molecular weight is 254 g/mol. The molecule has 0 radical (unpaired) electrons. The fourth-order valence-corrected chi connectivity index (χ4v) is 2.20. The number of ketones is 1. The third-order valence-electron chi connectivity index (χ3n) is 3.27. The summed E-state index contributed by atoms with van der Waals surface area (Å²) in [5.74, 6) is 0.853. The molecule has 0 bridgehead atoms. The summed E-state index contributed by atoms with van der Waals surface area (Å²) in [4.78, 5) is 11.9. The van der Waals surface area contributed by atoms with Gasteiger partial charge in [0.2, 0.25) is 0 Å².